The van der Waals surface area contributed by atoms with Gasteiger partial charge in [-0.3, -0.25) is 0 Å². The number of hydrogen-bond acceptors (Lipinski definition) is 5. The van der Waals surface area contributed by atoms with Crippen molar-refractivity contribution in [3.05, 3.63) is 35.4 Å². The Balaban J connectivity index is 1.94. The molecule has 2 aromatic rings. The maximum Gasteiger partial charge on any atom is 0.232 e. The summed E-state index contributed by atoms with van der Waals surface area (Å²) < 4.78 is 11.2. The summed E-state index contributed by atoms with van der Waals surface area (Å²) >= 11 is 5.67. The molecule has 0 amide bonds. The standard InChI is InChI=1S/C22H32N4O2S/c1-4-23-22(29)26(13-8-14-27-3)16-19-20(18-10-7-9-17(2)15-18)24-28-21(19)25-11-5-6-12-25/h7,9-10,15H,4-6,8,11-14,16H2,1-3H3,(H,23,29). The van der Waals surface area contributed by atoms with Crippen LogP contribution in [0.3, 0.4) is 0 Å². The Bertz CT molecular complexity index is 802. The quantitative estimate of drug-likeness (QED) is 0.490. The van der Waals surface area contributed by atoms with Crippen molar-refractivity contribution in [3.8, 4) is 11.3 Å². The van der Waals surface area contributed by atoms with Gasteiger partial charge in [-0.05, 0) is 51.4 Å². The van der Waals surface area contributed by atoms with Crippen LogP contribution in [0.5, 0.6) is 0 Å². The zero-order valence-electron chi connectivity index (χ0n) is 17.7. The van der Waals surface area contributed by atoms with Crippen molar-refractivity contribution in [1.82, 2.24) is 15.4 Å². The van der Waals surface area contributed by atoms with E-state index in [2.05, 4.69) is 58.4 Å². The van der Waals surface area contributed by atoms with Gasteiger partial charge in [0.25, 0.3) is 0 Å². The Hall–Kier alpha value is -2.12. The number of aryl methyl sites for hydroxylation is 1. The second-order valence-electron chi connectivity index (χ2n) is 7.48. The van der Waals surface area contributed by atoms with Crippen LogP contribution in [-0.2, 0) is 11.3 Å². The van der Waals surface area contributed by atoms with Crippen molar-refractivity contribution >= 4 is 23.2 Å². The molecule has 0 unspecified atom stereocenters. The van der Waals surface area contributed by atoms with Crippen LogP contribution in [-0.4, -0.2) is 55.1 Å². The molecule has 1 aliphatic heterocycles. The number of benzene rings is 1. The normalized spacial score (nSPS) is 13.7. The van der Waals surface area contributed by atoms with Gasteiger partial charge in [0, 0.05) is 45.5 Å². The predicted molar refractivity (Wildman–Crippen MR) is 121 cm³/mol. The molecule has 1 aromatic heterocycles. The largest absolute Gasteiger partial charge is 0.385 e. The van der Waals surface area contributed by atoms with Crippen molar-refractivity contribution in [2.45, 2.75) is 39.7 Å². The van der Waals surface area contributed by atoms with Gasteiger partial charge < -0.3 is 24.4 Å². The van der Waals surface area contributed by atoms with Crippen molar-refractivity contribution in [2.24, 2.45) is 0 Å². The molecule has 158 valence electrons. The van der Waals surface area contributed by atoms with E-state index < -0.39 is 0 Å². The van der Waals surface area contributed by atoms with Crippen LogP contribution < -0.4 is 10.2 Å². The molecule has 0 bridgehead atoms. The maximum atomic E-state index is 5.90. The number of nitrogens with one attached hydrogen (secondary N) is 1. The van der Waals surface area contributed by atoms with E-state index in [0.717, 1.165) is 60.4 Å². The summed E-state index contributed by atoms with van der Waals surface area (Å²) in [5.41, 5.74) is 4.31. The highest BCUT2D eigenvalue weighted by Gasteiger charge is 2.26. The smallest absolute Gasteiger partial charge is 0.232 e. The molecule has 1 N–H and O–H groups in total. The van der Waals surface area contributed by atoms with E-state index in [9.17, 15) is 0 Å². The minimum absolute atomic E-state index is 0.661. The minimum atomic E-state index is 0.661. The first-order valence-corrected chi connectivity index (χ1v) is 10.9. The van der Waals surface area contributed by atoms with E-state index in [1.807, 2.05) is 0 Å². The van der Waals surface area contributed by atoms with Gasteiger partial charge >= 0.3 is 0 Å². The zero-order chi connectivity index (χ0) is 20.6. The molecular formula is C22H32N4O2S. The molecule has 0 spiro atoms. The van der Waals surface area contributed by atoms with Crippen LogP contribution in [0.1, 0.15) is 37.3 Å². The number of rotatable bonds is 9. The summed E-state index contributed by atoms with van der Waals surface area (Å²) in [6.45, 7) is 9.17. The van der Waals surface area contributed by atoms with Crippen LogP contribution in [0.4, 0.5) is 5.88 Å². The lowest BCUT2D eigenvalue weighted by molar-refractivity contribution is 0.185. The Morgan fingerprint density at radius 3 is 2.83 bits per heavy atom. The molecule has 2 heterocycles. The van der Waals surface area contributed by atoms with E-state index in [4.69, 9.17) is 21.5 Å². The summed E-state index contributed by atoms with van der Waals surface area (Å²) in [5, 5.41) is 8.55. The molecule has 1 aromatic carbocycles. The highest BCUT2D eigenvalue weighted by Crippen LogP contribution is 2.34. The third kappa shape index (κ3) is 5.48. The summed E-state index contributed by atoms with van der Waals surface area (Å²) in [7, 11) is 1.73. The molecule has 7 heteroatoms. The third-order valence-electron chi connectivity index (χ3n) is 5.19. The van der Waals surface area contributed by atoms with Gasteiger partial charge in [0.2, 0.25) is 5.88 Å². The topological polar surface area (TPSA) is 53.8 Å². The van der Waals surface area contributed by atoms with E-state index in [-0.39, 0.29) is 0 Å². The molecule has 29 heavy (non-hydrogen) atoms. The fourth-order valence-corrected chi connectivity index (χ4v) is 4.04. The molecule has 1 aliphatic rings. The van der Waals surface area contributed by atoms with Crippen LogP contribution in [0.2, 0.25) is 0 Å². The van der Waals surface area contributed by atoms with Crippen LogP contribution in [0.25, 0.3) is 11.3 Å². The highest BCUT2D eigenvalue weighted by molar-refractivity contribution is 7.80. The predicted octanol–water partition coefficient (Wildman–Crippen LogP) is 3.98. The van der Waals surface area contributed by atoms with E-state index in [1.54, 1.807) is 7.11 Å². The first-order valence-electron chi connectivity index (χ1n) is 10.5. The summed E-state index contributed by atoms with van der Waals surface area (Å²) in [6, 6.07) is 8.42. The number of nitrogens with zero attached hydrogens (tertiary/aromatic N) is 3. The number of hydrogen-bond donors (Lipinski definition) is 1. The van der Waals surface area contributed by atoms with Gasteiger partial charge in [-0.1, -0.05) is 28.9 Å². The van der Waals surface area contributed by atoms with Gasteiger partial charge in [0.15, 0.2) is 5.11 Å². The second-order valence-corrected chi connectivity index (χ2v) is 7.87. The average molecular weight is 417 g/mol. The summed E-state index contributed by atoms with van der Waals surface area (Å²) in [5.74, 6) is 0.884. The van der Waals surface area contributed by atoms with Crippen molar-refractivity contribution in [1.29, 1.82) is 0 Å². The van der Waals surface area contributed by atoms with Gasteiger partial charge in [0.1, 0.15) is 5.69 Å². The van der Waals surface area contributed by atoms with Crippen molar-refractivity contribution < 1.29 is 9.26 Å². The molecule has 0 atom stereocenters. The Morgan fingerprint density at radius 1 is 1.34 bits per heavy atom. The number of methoxy groups -OCH3 is 1. The van der Waals surface area contributed by atoms with Crippen LogP contribution in [0, 0.1) is 6.92 Å². The first-order chi connectivity index (χ1) is 14.1. The van der Waals surface area contributed by atoms with E-state index in [1.165, 1.54) is 18.4 Å². The summed E-state index contributed by atoms with van der Waals surface area (Å²) in [4.78, 5) is 4.51. The lowest BCUT2D eigenvalue weighted by atomic mass is 10.0. The molecule has 6 nitrogen and oxygen atoms in total. The van der Waals surface area contributed by atoms with Gasteiger partial charge in [-0.15, -0.1) is 0 Å². The molecule has 1 fully saturated rings. The van der Waals surface area contributed by atoms with Gasteiger partial charge in [-0.2, -0.15) is 0 Å². The van der Waals surface area contributed by atoms with Crippen LogP contribution in [0.15, 0.2) is 28.8 Å². The van der Waals surface area contributed by atoms with E-state index in [0.29, 0.717) is 13.2 Å². The zero-order valence-corrected chi connectivity index (χ0v) is 18.6. The number of ether oxygens (including phenoxy) is 1. The maximum absolute atomic E-state index is 5.90. The van der Waals surface area contributed by atoms with Crippen molar-refractivity contribution in [2.75, 3.05) is 44.8 Å². The molecule has 0 saturated carbocycles. The number of thiocarbonyl (C=S) groups is 1. The van der Waals surface area contributed by atoms with Crippen molar-refractivity contribution in [3.63, 3.8) is 0 Å². The Labute approximate surface area is 179 Å². The second kappa shape index (κ2) is 10.6. The number of aromatic nitrogens is 1. The molecule has 0 aliphatic carbocycles. The third-order valence-corrected chi connectivity index (χ3v) is 5.60. The molecule has 0 radical (unpaired) electrons. The fraction of sp³-hybridized carbons (Fsp3) is 0.545. The molecule has 3 rings (SSSR count). The lowest BCUT2D eigenvalue weighted by Crippen LogP contribution is -2.40. The molecule has 1 saturated heterocycles. The lowest BCUT2D eigenvalue weighted by Gasteiger charge is -2.26. The average Bonchev–Trinajstić information content (AvgIpc) is 3.37. The first kappa shape index (κ1) is 21.6. The summed E-state index contributed by atoms with van der Waals surface area (Å²) in [6.07, 6.45) is 3.28. The van der Waals surface area contributed by atoms with Crippen LogP contribution >= 0.6 is 12.2 Å². The highest BCUT2D eigenvalue weighted by atomic mass is 32.1. The van der Waals surface area contributed by atoms with E-state index >= 15 is 0 Å². The van der Waals surface area contributed by atoms with Gasteiger partial charge in [0.05, 0.1) is 12.1 Å². The minimum Gasteiger partial charge on any atom is -0.385 e. The Kier molecular flexibility index (Phi) is 7.89. The number of anilines is 1. The SMILES string of the molecule is CCNC(=S)N(CCCOC)Cc1c(-c2cccc(C)c2)noc1N1CCCC1. The Morgan fingerprint density at radius 2 is 2.14 bits per heavy atom. The van der Waals surface area contributed by atoms with Gasteiger partial charge in [-0.25, -0.2) is 0 Å². The fourth-order valence-electron chi connectivity index (χ4n) is 3.74. The molecular weight excluding hydrogens is 384 g/mol. The monoisotopic (exact) mass is 416 g/mol.